The number of ether oxygens (including phenoxy) is 1. The molecule has 18 heavy (non-hydrogen) atoms. The molecule has 0 aromatic carbocycles. The molecule has 0 spiro atoms. The highest BCUT2D eigenvalue weighted by Crippen LogP contribution is 2.38. The quantitative estimate of drug-likeness (QED) is 0.824. The summed E-state index contributed by atoms with van der Waals surface area (Å²) in [6.45, 7) is 3.31. The van der Waals surface area contributed by atoms with Gasteiger partial charge < -0.3 is 9.26 Å². The van der Waals surface area contributed by atoms with Gasteiger partial charge in [0.05, 0.1) is 5.92 Å². The Bertz CT molecular complexity index is 422. The van der Waals surface area contributed by atoms with Crippen LogP contribution in [0.25, 0.3) is 0 Å². The molecule has 0 bridgehead atoms. The van der Waals surface area contributed by atoms with Crippen LogP contribution in [0.3, 0.4) is 0 Å². The molecule has 5 heteroatoms. The molecule has 0 N–H and O–H groups in total. The van der Waals surface area contributed by atoms with E-state index >= 15 is 0 Å². The van der Waals surface area contributed by atoms with Gasteiger partial charge in [-0.25, -0.2) is 0 Å². The van der Waals surface area contributed by atoms with Crippen molar-refractivity contribution in [2.24, 2.45) is 0 Å². The molecule has 0 saturated heterocycles. The molecule has 1 aromatic heterocycles. The summed E-state index contributed by atoms with van der Waals surface area (Å²) in [5.41, 5.74) is -0.420. The standard InChI is InChI=1S/C13H20N2O3/c1-9(10(2)16)11-14-12(15-18-11)13(17-3)7-5-4-6-8-13/h9H,4-8H2,1-3H3. The molecular formula is C13H20N2O3. The molecule has 2 rings (SSSR count). The first-order valence-electron chi connectivity index (χ1n) is 6.49. The van der Waals surface area contributed by atoms with Gasteiger partial charge in [-0.05, 0) is 26.7 Å². The van der Waals surface area contributed by atoms with Crippen LogP contribution in [0.2, 0.25) is 0 Å². The lowest BCUT2D eigenvalue weighted by molar-refractivity contribution is -0.118. The third-order valence-electron chi connectivity index (χ3n) is 3.88. The Morgan fingerprint density at radius 3 is 2.61 bits per heavy atom. The van der Waals surface area contributed by atoms with Gasteiger partial charge in [-0.2, -0.15) is 4.98 Å². The summed E-state index contributed by atoms with van der Waals surface area (Å²) in [5.74, 6) is 0.663. The summed E-state index contributed by atoms with van der Waals surface area (Å²) >= 11 is 0. The lowest BCUT2D eigenvalue weighted by Crippen LogP contribution is -2.32. The Morgan fingerprint density at radius 2 is 2.06 bits per heavy atom. The summed E-state index contributed by atoms with van der Waals surface area (Å²) in [4.78, 5) is 15.7. The molecule has 1 aliphatic carbocycles. The maximum absolute atomic E-state index is 11.3. The fourth-order valence-electron chi connectivity index (χ4n) is 2.41. The zero-order valence-electron chi connectivity index (χ0n) is 11.2. The fraction of sp³-hybridized carbons (Fsp3) is 0.769. The number of rotatable bonds is 4. The molecule has 0 amide bonds. The zero-order chi connectivity index (χ0) is 13.2. The number of nitrogens with zero attached hydrogens (tertiary/aromatic N) is 2. The summed E-state index contributed by atoms with van der Waals surface area (Å²) in [6.07, 6.45) is 5.27. The van der Waals surface area contributed by atoms with Gasteiger partial charge in [-0.15, -0.1) is 0 Å². The molecule has 1 saturated carbocycles. The van der Waals surface area contributed by atoms with Crippen molar-refractivity contribution in [3.63, 3.8) is 0 Å². The average Bonchev–Trinajstić information content (AvgIpc) is 2.88. The van der Waals surface area contributed by atoms with E-state index in [0.717, 1.165) is 25.7 Å². The van der Waals surface area contributed by atoms with Crippen molar-refractivity contribution >= 4 is 5.78 Å². The first-order valence-corrected chi connectivity index (χ1v) is 6.49. The van der Waals surface area contributed by atoms with E-state index in [0.29, 0.717) is 11.7 Å². The number of ketones is 1. The number of carbonyl (C=O) groups excluding carboxylic acids is 1. The van der Waals surface area contributed by atoms with Crippen molar-refractivity contribution in [1.29, 1.82) is 0 Å². The third kappa shape index (κ3) is 2.32. The summed E-state index contributed by atoms with van der Waals surface area (Å²) in [6, 6.07) is 0. The number of methoxy groups -OCH3 is 1. The first kappa shape index (κ1) is 13.2. The summed E-state index contributed by atoms with van der Waals surface area (Å²) in [5, 5.41) is 4.02. The molecule has 1 aliphatic rings. The number of carbonyl (C=O) groups is 1. The minimum Gasteiger partial charge on any atom is -0.370 e. The molecule has 1 atom stereocenters. The van der Waals surface area contributed by atoms with Gasteiger partial charge in [0.2, 0.25) is 11.7 Å². The van der Waals surface area contributed by atoms with Crippen LogP contribution in [0.1, 0.15) is 63.6 Å². The Morgan fingerprint density at radius 1 is 1.39 bits per heavy atom. The van der Waals surface area contributed by atoms with Gasteiger partial charge in [-0.1, -0.05) is 24.4 Å². The predicted octanol–water partition coefficient (Wildman–Crippen LogP) is 2.57. The molecule has 1 unspecified atom stereocenters. The van der Waals surface area contributed by atoms with Gasteiger partial charge in [0.15, 0.2) is 0 Å². The highest BCUT2D eigenvalue weighted by atomic mass is 16.5. The summed E-state index contributed by atoms with van der Waals surface area (Å²) in [7, 11) is 1.69. The minimum absolute atomic E-state index is 0.0281. The van der Waals surface area contributed by atoms with E-state index in [1.165, 1.54) is 13.3 Å². The Balaban J connectivity index is 2.24. The van der Waals surface area contributed by atoms with Gasteiger partial charge in [0.25, 0.3) is 0 Å². The van der Waals surface area contributed by atoms with E-state index in [-0.39, 0.29) is 11.7 Å². The maximum Gasteiger partial charge on any atom is 0.237 e. The first-order chi connectivity index (χ1) is 8.59. The third-order valence-corrected chi connectivity index (χ3v) is 3.88. The van der Waals surface area contributed by atoms with Crippen LogP contribution in [-0.2, 0) is 15.1 Å². The summed E-state index contributed by atoms with van der Waals surface area (Å²) < 4.78 is 10.9. The molecule has 0 radical (unpaired) electrons. The van der Waals surface area contributed by atoms with Crippen LogP contribution < -0.4 is 0 Å². The van der Waals surface area contributed by atoms with Crippen LogP contribution in [0.15, 0.2) is 4.52 Å². The van der Waals surface area contributed by atoms with Crippen LogP contribution in [0, 0.1) is 0 Å². The van der Waals surface area contributed by atoms with Gasteiger partial charge >= 0.3 is 0 Å². The number of Topliss-reactive ketones (excluding diaryl/α,β-unsaturated/α-hetero) is 1. The van der Waals surface area contributed by atoms with E-state index < -0.39 is 5.60 Å². The van der Waals surface area contributed by atoms with Crippen molar-refractivity contribution in [3.8, 4) is 0 Å². The van der Waals surface area contributed by atoms with Gasteiger partial charge in [0, 0.05) is 7.11 Å². The van der Waals surface area contributed by atoms with E-state index in [1.54, 1.807) is 14.0 Å². The highest BCUT2D eigenvalue weighted by molar-refractivity contribution is 5.81. The lowest BCUT2D eigenvalue weighted by atomic mass is 9.84. The second kappa shape index (κ2) is 5.18. The van der Waals surface area contributed by atoms with Gasteiger partial charge in [-0.3, -0.25) is 4.79 Å². The zero-order valence-corrected chi connectivity index (χ0v) is 11.2. The van der Waals surface area contributed by atoms with Crippen LogP contribution >= 0.6 is 0 Å². The van der Waals surface area contributed by atoms with Crippen molar-refractivity contribution in [3.05, 3.63) is 11.7 Å². The molecule has 100 valence electrons. The Labute approximate surface area is 107 Å². The van der Waals surface area contributed by atoms with Crippen molar-refractivity contribution in [2.45, 2.75) is 57.5 Å². The maximum atomic E-state index is 11.3. The molecular weight excluding hydrogens is 232 g/mol. The normalized spacial score (nSPS) is 20.6. The van der Waals surface area contributed by atoms with Crippen LogP contribution in [0.5, 0.6) is 0 Å². The topological polar surface area (TPSA) is 65.2 Å². The average molecular weight is 252 g/mol. The van der Waals surface area contributed by atoms with E-state index in [2.05, 4.69) is 10.1 Å². The lowest BCUT2D eigenvalue weighted by Gasteiger charge is -2.32. The van der Waals surface area contributed by atoms with Crippen molar-refractivity contribution < 1.29 is 14.1 Å². The minimum atomic E-state index is -0.420. The highest BCUT2D eigenvalue weighted by Gasteiger charge is 2.39. The van der Waals surface area contributed by atoms with Crippen LogP contribution in [0.4, 0.5) is 0 Å². The monoisotopic (exact) mass is 252 g/mol. The number of hydrogen-bond acceptors (Lipinski definition) is 5. The molecule has 0 aliphatic heterocycles. The number of aromatic nitrogens is 2. The van der Waals surface area contributed by atoms with E-state index in [1.807, 2.05) is 0 Å². The Kier molecular flexibility index (Phi) is 3.80. The number of hydrogen-bond donors (Lipinski definition) is 0. The van der Waals surface area contributed by atoms with Crippen molar-refractivity contribution in [1.82, 2.24) is 10.1 Å². The SMILES string of the molecule is COC1(c2noc(C(C)C(C)=O)n2)CCCCC1. The van der Waals surface area contributed by atoms with Crippen molar-refractivity contribution in [2.75, 3.05) is 7.11 Å². The predicted molar refractivity (Wildman–Crippen MR) is 65.2 cm³/mol. The van der Waals surface area contributed by atoms with Crippen LogP contribution in [-0.4, -0.2) is 23.0 Å². The largest absolute Gasteiger partial charge is 0.370 e. The molecule has 1 aromatic rings. The second-order valence-corrected chi connectivity index (χ2v) is 5.05. The van der Waals surface area contributed by atoms with E-state index in [9.17, 15) is 4.79 Å². The molecule has 1 heterocycles. The van der Waals surface area contributed by atoms with E-state index in [4.69, 9.17) is 9.26 Å². The van der Waals surface area contributed by atoms with Gasteiger partial charge in [0.1, 0.15) is 11.4 Å². The second-order valence-electron chi connectivity index (χ2n) is 5.05. The molecule has 1 fully saturated rings. The smallest absolute Gasteiger partial charge is 0.237 e. The Hall–Kier alpha value is -1.23. The fourth-order valence-corrected chi connectivity index (χ4v) is 2.41. The molecule has 5 nitrogen and oxygen atoms in total.